The third-order valence-corrected chi connectivity index (χ3v) is 2.45. The van der Waals surface area contributed by atoms with Gasteiger partial charge < -0.3 is 10.2 Å². The van der Waals surface area contributed by atoms with E-state index in [4.69, 9.17) is 10.2 Å². The summed E-state index contributed by atoms with van der Waals surface area (Å²) >= 11 is 0. The van der Waals surface area contributed by atoms with Crippen molar-refractivity contribution in [3.05, 3.63) is 17.8 Å². The Balaban J connectivity index is 1.93. The molecule has 19 heavy (non-hydrogen) atoms. The van der Waals surface area contributed by atoms with Crippen molar-refractivity contribution in [2.45, 2.75) is 32.9 Å². The first-order valence-electron chi connectivity index (χ1n) is 5.84. The molecule has 0 aliphatic heterocycles. The van der Waals surface area contributed by atoms with Gasteiger partial charge in [0.25, 0.3) is 0 Å². The van der Waals surface area contributed by atoms with Gasteiger partial charge in [-0.15, -0.1) is 10.2 Å². The van der Waals surface area contributed by atoms with Gasteiger partial charge in [-0.1, -0.05) is 17.2 Å². The lowest BCUT2D eigenvalue weighted by Gasteiger charge is -2.02. The fourth-order valence-corrected chi connectivity index (χ4v) is 1.42. The predicted molar refractivity (Wildman–Crippen MR) is 64.9 cm³/mol. The molecule has 0 radical (unpaired) electrons. The molecule has 0 aliphatic rings. The average Bonchev–Trinajstić information content (AvgIpc) is 2.98. The van der Waals surface area contributed by atoms with E-state index in [9.17, 15) is 4.79 Å². The molecule has 0 bridgehead atoms. The lowest BCUT2D eigenvalue weighted by atomic mass is 10.2. The highest BCUT2D eigenvalue weighted by Gasteiger charge is 2.12. The standard InChI is InChI=1S/C10H15N7O2/c1-3-7(11)8-4-17(16-14-8)5-9(18)12-10-15-13-6(2)19-10/h4,7H,3,5,11H2,1-2H3,(H,12,15,18). The van der Waals surface area contributed by atoms with Crippen LogP contribution in [0.5, 0.6) is 0 Å². The molecule has 2 heterocycles. The van der Waals surface area contributed by atoms with E-state index in [1.54, 1.807) is 13.1 Å². The van der Waals surface area contributed by atoms with Crippen LogP contribution >= 0.6 is 0 Å². The van der Waals surface area contributed by atoms with Crippen LogP contribution in [-0.4, -0.2) is 31.1 Å². The summed E-state index contributed by atoms with van der Waals surface area (Å²) in [5.41, 5.74) is 6.47. The Morgan fingerprint density at radius 1 is 1.53 bits per heavy atom. The van der Waals surface area contributed by atoms with Gasteiger partial charge >= 0.3 is 6.01 Å². The largest absolute Gasteiger partial charge is 0.408 e. The summed E-state index contributed by atoms with van der Waals surface area (Å²) in [6, 6.07) is -0.108. The smallest absolute Gasteiger partial charge is 0.322 e. The molecule has 2 aromatic heterocycles. The summed E-state index contributed by atoms with van der Waals surface area (Å²) in [5, 5.41) is 17.5. The number of hydrogen-bond acceptors (Lipinski definition) is 7. The first-order valence-corrected chi connectivity index (χ1v) is 5.84. The maximum atomic E-state index is 11.7. The third-order valence-electron chi connectivity index (χ3n) is 2.45. The molecular weight excluding hydrogens is 250 g/mol. The molecule has 9 heteroatoms. The van der Waals surface area contributed by atoms with Crippen LogP contribution in [0.25, 0.3) is 0 Å². The minimum Gasteiger partial charge on any atom is -0.408 e. The quantitative estimate of drug-likeness (QED) is 0.780. The van der Waals surface area contributed by atoms with Crippen LogP contribution in [-0.2, 0) is 11.3 Å². The Morgan fingerprint density at radius 2 is 2.32 bits per heavy atom. The number of aromatic nitrogens is 5. The van der Waals surface area contributed by atoms with Crippen molar-refractivity contribution in [3.8, 4) is 0 Å². The SMILES string of the molecule is CCC(N)c1cn(CC(=O)Nc2nnc(C)o2)nn1. The van der Waals surface area contributed by atoms with Crippen molar-refractivity contribution < 1.29 is 9.21 Å². The highest BCUT2D eigenvalue weighted by Crippen LogP contribution is 2.09. The lowest BCUT2D eigenvalue weighted by molar-refractivity contribution is -0.117. The molecule has 1 amide bonds. The number of carbonyl (C=O) groups excluding carboxylic acids is 1. The summed E-state index contributed by atoms with van der Waals surface area (Å²) in [7, 11) is 0. The molecule has 1 unspecified atom stereocenters. The summed E-state index contributed by atoms with van der Waals surface area (Å²) in [6.45, 7) is 3.59. The van der Waals surface area contributed by atoms with Crippen LogP contribution in [0.15, 0.2) is 10.6 Å². The number of nitrogens with zero attached hydrogens (tertiary/aromatic N) is 5. The van der Waals surface area contributed by atoms with Crippen molar-refractivity contribution >= 4 is 11.9 Å². The molecule has 0 spiro atoms. The van der Waals surface area contributed by atoms with Crippen molar-refractivity contribution in [3.63, 3.8) is 0 Å². The van der Waals surface area contributed by atoms with E-state index in [0.29, 0.717) is 11.6 Å². The van der Waals surface area contributed by atoms with Crippen molar-refractivity contribution in [1.82, 2.24) is 25.2 Å². The molecule has 2 aromatic rings. The summed E-state index contributed by atoms with van der Waals surface area (Å²) in [4.78, 5) is 11.7. The zero-order chi connectivity index (χ0) is 13.8. The van der Waals surface area contributed by atoms with Crippen molar-refractivity contribution in [2.75, 3.05) is 5.32 Å². The molecule has 0 saturated carbocycles. The summed E-state index contributed by atoms with van der Waals surface area (Å²) in [5.74, 6) is 0.0532. The normalized spacial score (nSPS) is 12.4. The van der Waals surface area contributed by atoms with Gasteiger partial charge in [-0.3, -0.25) is 10.1 Å². The van der Waals surface area contributed by atoms with Crippen LogP contribution in [0.1, 0.15) is 31.0 Å². The van der Waals surface area contributed by atoms with Crippen molar-refractivity contribution in [2.24, 2.45) is 5.73 Å². The van der Waals surface area contributed by atoms with E-state index in [1.807, 2.05) is 6.92 Å². The molecule has 9 nitrogen and oxygen atoms in total. The van der Waals surface area contributed by atoms with E-state index in [2.05, 4.69) is 25.8 Å². The number of nitrogens with two attached hydrogens (primary N) is 1. The molecule has 0 aromatic carbocycles. The Bertz CT molecular complexity index is 562. The molecule has 2 rings (SSSR count). The Kier molecular flexibility index (Phi) is 3.85. The maximum absolute atomic E-state index is 11.7. The zero-order valence-corrected chi connectivity index (χ0v) is 10.7. The Labute approximate surface area is 109 Å². The van der Waals surface area contributed by atoms with Crippen LogP contribution in [0, 0.1) is 6.92 Å². The fourth-order valence-electron chi connectivity index (χ4n) is 1.42. The van der Waals surface area contributed by atoms with E-state index >= 15 is 0 Å². The van der Waals surface area contributed by atoms with Gasteiger partial charge in [0.2, 0.25) is 11.8 Å². The monoisotopic (exact) mass is 265 g/mol. The second-order valence-corrected chi connectivity index (χ2v) is 4.03. The molecular formula is C10H15N7O2. The van der Waals surface area contributed by atoms with Gasteiger partial charge in [0, 0.05) is 6.92 Å². The van der Waals surface area contributed by atoms with E-state index < -0.39 is 0 Å². The van der Waals surface area contributed by atoms with Gasteiger partial charge in [0.1, 0.15) is 6.54 Å². The van der Waals surface area contributed by atoms with Gasteiger partial charge in [-0.05, 0) is 6.42 Å². The molecule has 0 saturated heterocycles. The number of nitrogens with one attached hydrogen (secondary N) is 1. The second-order valence-electron chi connectivity index (χ2n) is 4.03. The maximum Gasteiger partial charge on any atom is 0.322 e. The van der Waals surface area contributed by atoms with Gasteiger partial charge in [-0.25, -0.2) is 4.68 Å². The minimum atomic E-state index is -0.329. The Hall–Kier alpha value is -2.29. The number of amides is 1. The lowest BCUT2D eigenvalue weighted by Crippen LogP contribution is -2.19. The van der Waals surface area contributed by atoms with E-state index in [1.165, 1.54) is 4.68 Å². The predicted octanol–water partition coefficient (Wildman–Crippen LogP) is 0.0180. The van der Waals surface area contributed by atoms with E-state index in [-0.39, 0.29) is 24.5 Å². The first-order chi connectivity index (χ1) is 9.08. The minimum absolute atomic E-state index is 0.00482. The number of carbonyl (C=O) groups is 1. The number of hydrogen-bond donors (Lipinski definition) is 2. The van der Waals surface area contributed by atoms with Gasteiger partial charge in [0.05, 0.1) is 17.9 Å². The van der Waals surface area contributed by atoms with E-state index in [0.717, 1.165) is 6.42 Å². The topological polar surface area (TPSA) is 125 Å². The third kappa shape index (κ3) is 3.35. The summed E-state index contributed by atoms with van der Waals surface area (Å²) < 4.78 is 6.44. The van der Waals surface area contributed by atoms with Crippen LogP contribution in [0.3, 0.4) is 0 Å². The van der Waals surface area contributed by atoms with Crippen LogP contribution < -0.4 is 11.1 Å². The molecule has 0 aliphatic carbocycles. The molecule has 102 valence electrons. The van der Waals surface area contributed by atoms with Crippen molar-refractivity contribution in [1.29, 1.82) is 0 Å². The fraction of sp³-hybridized carbons (Fsp3) is 0.500. The van der Waals surface area contributed by atoms with Crippen LogP contribution in [0.4, 0.5) is 6.01 Å². The number of anilines is 1. The zero-order valence-electron chi connectivity index (χ0n) is 10.7. The van der Waals surface area contributed by atoms with Gasteiger partial charge in [0.15, 0.2) is 0 Å². The van der Waals surface area contributed by atoms with Crippen LogP contribution in [0.2, 0.25) is 0 Å². The first kappa shape index (κ1) is 13.1. The Morgan fingerprint density at radius 3 is 2.95 bits per heavy atom. The number of rotatable bonds is 5. The number of aryl methyl sites for hydroxylation is 1. The average molecular weight is 265 g/mol. The summed E-state index contributed by atoms with van der Waals surface area (Å²) in [6.07, 6.45) is 2.40. The van der Waals surface area contributed by atoms with Gasteiger partial charge in [-0.2, -0.15) is 0 Å². The molecule has 3 N–H and O–H groups in total. The highest BCUT2D eigenvalue weighted by molar-refractivity contribution is 5.88. The molecule has 1 atom stereocenters. The molecule has 0 fully saturated rings. The highest BCUT2D eigenvalue weighted by atomic mass is 16.4. The second kappa shape index (κ2) is 5.57.